The molecule has 1 unspecified atom stereocenters. The second-order valence-electron chi connectivity index (χ2n) is 18.8. The Hall–Kier alpha value is -5.78. The molecule has 3 aromatic heterocycles. The van der Waals surface area contributed by atoms with E-state index >= 15 is 0 Å². The Labute approximate surface area is 409 Å². The number of sulfonamides is 2. The number of likely N-dealkylation sites (tertiary alicyclic amines) is 1. The Balaban J connectivity index is 0.734. The van der Waals surface area contributed by atoms with E-state index in [2.05, 4.69) is 15.3 Å². The van der Waals surface area contributed by atoms with Crippen LogP contribution in [0.1, 0.15) is 59.8 Å². The maximum atomic E-state index is 13.7. The van der Waals surface area contributed by atoms with E-state index in [1.54, 1.807) is 66.0 Å². The van der Waals surface area contributed by atoms with Crippen LogP contribution in [0.4, 0.5) is 0 Å². The molecule has 4 saturated heterocycles. The summed E-state index contributed by atoms with van der Waals surface area (Å²) in [5, 5.41) is 7.11. The molecule has 19 nitrogen and oxygen atoms in total. The van der Waals surface area contributed by atoms with Gasteiger partial charge in [0.15, 0.2) is 11.5 Å². The van der Waals surface area contributed by atoms with E-state index in [1.807, 2.05) is 18.2 Å². The van der Waals surface area contributed by atoms with Crippen LogP contribution in [0.25, 0.3) is 32.5 Å². The number of amides is 3. The molecule has 2 aromatic carbocycles. The number of methoxy groups -OCH3 is 1. The average molecular weight is 1020 g/mol. The van der Waals surface area contributed by atoms with Crippen molar-refractivity contribution in [2.24, 2.45) is 12.5 Å². The van der Waals surface area contributed by atoms with Gasteiger partial charge in [-0.05, 0) is 80.1 Å². The molecule has 7 heterocycles. The second-order valence-corrected chi connectivity index (χ2v) is 23.8. The minimum Gasteiger partial charge on any atom is -0.493 e. The lowest BCUT2D eigenvalue weighted by molar-refractivity contribution is -0.136. The van der Waals surface area contributed by atoms with Crippen LogP contribution in [-0.2, 0) is 42.4 Å². The molecule has 22 heteroatoms. The summed E-state index contributed by atoms with van der Waals surface area (Å²) in [4.78, 5) is 68.0. The molecule has 0 saturated carbocycles. The fraction of sp³-hybridized carbons (Fsp3) is 0.458. The summed E-state index contributed by atoms with van der Waals surface area (Å²) in [7, 11) is -3.72. The van der Waals surface area contributed by atoms with Gasteiger partial charge in [0.1, 0.15) is 6.04 Å². The Morgan fingerprint density at radius 3 is 2.40 bits per heavy atom. The highest BCUT2D eigenvalue weighted by molar-refractivity contribution is 7.88. The predicted octanol–water partition coefficient (Wildman–Crippen LogP) is 3.28. The molecule has 0 aliphatic carbocycles. The zero-order chi connectivity index (χ0) is 49.5. The summed E-state index contributed by atoms with van der Waals surface area (Å²) in [5.74, 6) is -0.260. The number of thiophene rings is 1. The monoisotopic (exact) mass is 1020 g/mol. The van der Waals surface area contributed by atoms with Crippen LogP contribution in [0, 0.1) is 5.41 Å². The van der Waals surface area contributed by atoms with Crippen LogP contribution in [0.15, 0.2) is 76.4 Å². The first kappa shape index (κ1) is 49.2. The Morgan fingerprint density at radius 2 is 1.66 bits per heavy atom. The number of piperazine rings is 1. The van der Waals surface area contributed by atoms with Gasteiger partial charge in [0, 0.05) is 99.3 Å². The molecule has 1 N–H and O–H groups in total. The average Bonchev–Trinajstić information content (AvgIpc) is 3.99. The number of nitrogens with zero attached hydrogens (tertiary/aromatic N) is 7. The van der Waals surface area contributed by atoms with Gasteiger partial charge < -0.3 is 23.8 Å². The van der Waals surface area contributed by atoms with Gasteiger partial charge in [-0.3, -0.25) is 29.3 Å². The third-order valence-electron chi connectivity index (χ3n) is 13.7. The Morgan fingerprint density at radius 1 is 0.871 bits per heavy atom. The number of piperidine rings is 1. The molecule has 9 rings (SSSR count). The summed E-state index contributed by atoms with van der Waals surface area (Å²) < 4.78 is 69.5. The molecule has 0 bridgehead atoms. The number of carbonyl (C=O) groups excluding carboxylic acids is 3. The lowest BCUT2D eigenvalue weighted by Crippen LogP contribution is -2.57. The molecule has 70 heavy (non-hydrogen) atoms. The highest BCUT2D eigenvalue weighted by atomic mass is 32.2. The zero-order valence-electron chi connectivity index (χ0n) is 39.3. The number of carbonyl (C=O) groups is 3. The van der Waals surface area contributed by atoms with Gasteiger partial charge in [0.2, 0.25) is 26.0 Å². The van der Waals surface area contributed by atoms with Crippen molar-refractivity contribution < 1.29 is 40.7 Å². The van der Waals surface area contributed by atoms with Crippen molar-refractivity contribution in [2.75, 3.05) is 78.9 Å². The molecule has 372 valence electrons. The fourth-order valence-electron chi connectivity index (χ4n) is 9.98. The molecule has 0 radical (unpaired) electrons. The minimum atomic E-state index is -3.62. The molecular formula is C48H56N8O11S3. The highest BCUT2D eigenvalue weighted by Crippen LogP contribution is 2.42. The van der Waals surface area contributed by atoms with Crippen molar-refractivity contribution >= 4 is 59.2 Å². The quantitative estimate of drug-likeness (QED) is 0.111. The van der Waals surface area contributed by atoms with Crippen molar-refractivity contribution in [3.8, 4) is 33.9 Å². The van der Waals surface area contributed by atoms with Crippen LogP contribution in [0.3, 0.4) is 0 Å². The van der Waals surface area contributed by atoms with Crippen LogP contribution in [0.5, 0.6) is 11.5 Å². The number of unbranched alkanes of at least 4 members (excludes halogenated alkanes) is 2. The first-order valence-electron chi connectivity index (χ1n) is 23.3. The van der Waals surface area contributed by atoms with Gasteiger partial charge in [-0.1, -0.05) is 24.3 Å². The number of hydrogen-bond acceptors (Lipinski definition) is 14. The van der Waals surface area contributed by atoms with Gasteiger partial charge in [0.05, 0.1) is 41.7 Å². The first-order valence-corrected chi connectivity index (χ1v) is 27.6. The maximum Gasteiger partial charge on any atom is 0.267 e. The van der Waals surface area contributed by atoms with Gasteiger partial charge >= 0.3 is 0 Å². The highest BCUT2D eigenvalue weighted by Gasteiger charge is 2.49. The van der Waals surface area contributed by atoms with E-state index < -0.39 is 43.5 Å². The van der Waals surface area contributed by atoms with Crippen molar-refractivity contribution in [3.63, 3.8) is 0 Å². The van der Waals surface area contributed by atoms with Gasteiger partial charge in [0.25, 0.3) is 22.9 Å². The molecule has 1 atom stereocenters. The Kier molecular flexibility index (Phi) is 13.9. The predicted molar refractivity (Wildman–Crippen MR) is 264 cm³/mol. The van der Waals surface area contributed by atoms with Gasteiger partial charge in [-0.15, -0.1) is 11.3 Å². The van der Waals surface area contributed by atoms with E-state index in [9.17, 15) is 40.8 Å². The van der Waals surface area contributed by atoms with E-state index in [0.29, 0.717) is 63.0 Å². The molecule has 1 spiro atoms. The SMILES string of the molecule is COc1cc(-c2cn(C)c(=O)c3cc(C(=O)N4CCN(S(C)(=O)=O)CC4)sc23)ccc1OCCCCCN1CC2(CCN(S(=O)(=O)Cc3cccc(-c4ccc(=O)n(C5CCC(=O)NC5=O)n4)c3)C2)C1. The number of rotatable bonds is 16. The third-order valence-corrected chi connectivity index (χ3v) is 18.0. The number of aromatic nitrogens is 3. The van der Waals surface area contributed by atoms with E-state index in [1.165, 1.54) is 26.3 Å². The largest absolute Gasteiger partial charge is 0.493 e. The molecule has 4 fully saturated rings. The van der Waals surface area contributed by atoms with Crippen LogP contribution >= 0.6 is 11.3 Å². The van der Waals surface area contributed by atoms with Crippen molar-refractivity contribution in [2.45, 2.75) is 50.3 Å². The van der Waals surface area contributed by atoms with E-state index in [-0.39, 0.29) is 61.7 Å². The maximum absolute atomic E-state index is 13.7. The van der Waals surface area contributed by atoms with Gasteiger partial charge in [-0.25, -0.2) is 25.8 Å². The lowest BCUT2D eigenvalue weighted by Gasteiger charge is -2.48. The van der Waals surface area contributed by atoms with E-state index in [4.69, 9.17) is 9.47 Å². The molecule has 4 aliphatic rings. The molecular weight excluding hydrogens is 961 g/mol. The topological polar surface area (TPSA) is 220 Å². The Bertz CT molecular complexity index is 3210. The number of fused-ring (bicyclic) bond motifs is 1. The zero-order valence-corrected chi connectivity index (χ0v) is 41.7. The number of hydrogen-bond donors (Lipinski definition) is 1. The fourth-order valence-corrected chi connectivity index (χ4v) is 13.6. The minimum absolute atomic E-state index is 0.0585. The number of pyridine rings is 1. The van der Waals surface area contributed by atoms with E-state index in [0.717, 1.165) is 67.4 Å². The summed E-state index contributed by atoms with van der Waals surface area (Å²) >= 11 is 1.25. The lowest BCUT2D eigenvalue weighted by atomic mass is 9.79. The molecule has 4 aliphatic heterocycles. The molecule has 5 aromatic rings. The van der Waals surface area contributed by atoms with Gasteiger partial charge in [-0.2, -0.15) is 9.40 Å². The van der Waals surface area contributed by atoms with Crippen LogP contribution < -0.4 is 25.9 Å². The summed E-state index contributed by atoms with van der Waals surface area (Å²) in [6.07, 6.45) is 6.73. The number of imide groups is 1. The number of benzene rings is 2. The van der Waals surface area contributed by atoms with Crippen LogP contribution in [-0.4, -0.2) is 146 Å². The number of aryl methyl sites for hydroxylation is 1. The standard InChI is InChI=1S/C48H56N8O11S3/c1-51-27-36(44-35(46(51)60)26-41(68-44)47(61)53-19-21-54(22-20-53)69(3,62)63)33-10-13-39(40(25-33)66-2)67-23-6-4-5-17-52-29-48(30-52)16-18-55(31-48)70(64,65)28-32-8-7-9-34(24-32)37-11-15-43(58)56(50-37)38-12-14-42(57)49-45(38)59/h7-11,13,15,24-27,38H,4-6,12,14,16-23,28-31H2,1-3H3,(H,49,57,59). The normalized spacial score (nSPS) is 19.1. The number of nitrogens with one attached hydrogen (secondary N) is 1. The van der Waals surface area contributed by atoms with Crippen molar-refractivity contribution in [1.82, 2.24) is 38.1 Å². The smallest absolute Gasteiger partial charge is 0.267 e. The second kappa shape index (κ2) is 19.8. The third kappa shape index (κ3) is 10.3. The number of ether oxygens (including phenoxy) is 2. The summed E-state index contributed by atoms with van der Waals surface area (Å²) in [6.45, 7) is 5.01. The van der Waals surface area contributed by atoms with Crippen LogP contribution in [0.2, 0.25) is 0 Å². The first-order chi connectivity index (χ1) is 33.4. The summed E-state index contributed by atoms with van der Waals surface area (Å²) in [5.41, 5.74) is 2.41. The molecule has 3 amide bonds. The van der Waals surface area contributed by atoms with Crippen molar-refractivity contribution in [1.29, 1.82) is 0 Å². The van der Waals surface area contributed by atoms with Crippen molar-refractivity contribution in [3.05, 3.63) is 98.0 Å². The summed E-state index contributed by atoms with van der Waals surface area (Å²) in [6, 6.07) is 16.2.